The van der Waals surface area contributed by atoms with Crippen LogP contribution in [0.2, 0.25) is 0 Å². The van der Waals surface area contributed by atoms with Gasteiger partial charge in [0, 0.05) is 6.54 Å². The standard InChI is InChI=1S/C20H21N.C5H10O2/c1-6-12-21(13-7-1)15-20-18-10-4-2-8-16(18)14-17-9-3-5-11-19(17)20;1-5(2,3)7-4-6/h2-5,8-11,14H,1,6-7,12-13,15H2;4H,1-3H3. The van der Waals surface area contributed by atoms with Gasteiger partial charge in [-0.3, -0.25) is 9.69 Å². The number of likely N-dealkylation sites (tertiary alicyclic amines) is 1. The topological polar surface area (TPSA) is 29.5 Å². The smallest absolute Gasteiger partial charge is 0.293 e. The molecule has 1 fully saturated rings. The molecule has 3 aromatic rings. The van der Waals surface area contributed by atoms with E-state index in [1.54, 1.807) is 0 Å². The van der Waals surface area contributed by atoms with Crippen molar-refractivity contribution in [3.8, 4) is 0 Å². The maximum atomic E-state index is 9.60. The molecule has 0 atom stereocenters. The Balaban J connectivity index is 0.000000279. The Hall–Kier alpha value is -2.39. The van der Waals surface area contributed by atoms with Crippen molar-refractivity contribution in [3.05, 3.63) is 60.2 Å². The van der Waals surface area contributed by atoms with Gasteiger partial charge in [0.05, 0.1) is 0 Å². The number of fused-ring (bicyclic) bond motifs is 2. The van der Waals surface area contributed by atoms with Gasteiger partial charge in [-0.05, 0) is 79.9 Å². The number of rotatable bonds is 3. The summed E-state index contributed by atoms with van der Waals surface area (Å²) in [4.78, 5) is 12.2. The van der Waals surface area contributed by atoms with Gasteiger partial charge in [-0.15, -0.1) is 0 Å². The molecular weight excluding hydrogens is 346 g/mol. The zero-order valence-corrected chi connectivity index (χ0v) is 17.3. The van der Waals surface area contributed by atoms with Gasteiger partial charge in [0.2, 0.25) is 0 Å². The van der Waals surface area contributed by atoms with E-state index in [1.807, 2.05) is 20.8 Å². The van der Waals surface area contributed by atoms with Gasteiger partial charge in [0.1, 0.15) is 5.60 Å². The van der Waals surface area contributed by atoms with E-state index in [0.29, 0.717) is 6.47 Å². The maximum absolute atomic E-state index is 9.60. The van der Waals surface area contributed by atoms with E-state index in [0.717, 1.165) is 6.54 Å². The molecule has 0 saturated carbocycles. The Kier molecular flexibility index (Phi) is 6.69. The summed E-state index contributed by atoms with van der Waals surface area (Å²) in [5, 5.41) is 5.56. The van der Waals surface area contributed by atoms with Crippen LogP contribution in [-0.4, -0.2) is 30.1 Å². The van der Waals surface area contributed by atoms with Crippen molar-refractivity contribution >= 4 is 28.0 Å². The molecule has 1 heterocycles. The largest absolute Gasteiger partial charge is 0.462 e. The summed E-state index contributed by atoms with van der Waals surface area (Å²) in [6.07, 6.45) is 4.10. The van der Waals surface area contributed by atoms with Crippen LogP contribution in [0.1, 0.15) is 45.6 Å². The number of ether oxygens (including phenoxy) is 1. The average molecular weight is 378 g/mol. The molecule has 4 rings (SSSR count). The third-order valence-corrected chi connectivity index (χ3v) is 5.11. The molecule has 0 N–H and O–H groups in total. The van der Waals surface area contributed by atoms with Crippen molar-refractivity contribution in [1.82, 2.24) is 4.90 Å². The van der Waals surface area contributed by atoms with Crippen molar-refractivity contribution < 1.29 is 9.53 Å². The number of piperidine rings is 1. The minimum Gasteiger partial charge on any atom is -0.462 e. The molecule has 3 heteroatoms. The van der Waals surface area contributed by atoms with Crippen molar-refractivity contribution in [2.45, 2.75) is 52.2 Å². The molecule has 0 radical (unpaired) electrons. The van der Waals surface area contributed by atoms with Crippen molar-refractivity contribution in [1.29, 1.82) is 0 Å². The fraction of sp³-hybridized carbons (Fsp3) is 0.400. The second-order valence-electron chi connectivity index (χ2n) is 8.46. The number of hydrogen-bond donors (Lipinski definition) is 0. The van der Waals surface area contributed by atoms with Crippen LogP contribution < -0.4 is 0 Å². The third-order valence-electron chi connectivity index (χ3n) is 5.11. The predicted octanol–water partition coefficient (Wildman–Crippen LogP) is 5.94. The van der Waals surface area contributed by atoms with Gasteiger partial charge in [-0.2, -0.15) is 0 Å². The summed E-state index contributed by atoms with van der Waals surface area (Å²) in [6, 6.07) is 20.0. The van der Waals surface area contributed by atoms with Crippen LogP contribution in [0.25, 0.3) is 21.5 Å². The first-order chi connectivity index (χ1) is 13.5. The second-order valence-corrected chi connectivity index (χ2v) is 8.46. The SMILES string of the molecule is CC(C)(C)OC=O.c1ccc2c(CN3CCCCC3)c3ccccc3cc2c1. The van der Waals surface area contributed by atoms with Crippen LogP contribution in [0.3, 0.4) is 0 Å². The molecule has 1 aliphatic heterocycles. The highest BCUT2D eigenvalue weighted by Crippen LogP contribution is 2.30. The zero-order chi connectivity index (χ0) is 20.0. The lowest BCUT2D eigenvalue weighted by Gasteiger charge is -2.27. The highest BCUT2D eigenvalue weighted by atomic mass is 16.5. The Bertz CT molecular complexity index is 867. The Morgan fingerprint density at radius 2 is 1.43 bits per heavy atom. The van der Waals surface area contributed by atoms with Gasteiger partial charge in [-0.1, -0.05) is 55.0 Å². The molecule has 0 bridgehead atoms. The highest BCUT2D eigenvalue weighted by Gasteiger charge is 2.14. The lowest BCUT2D eigenvalue weighted by molar-refractivity contribution is -0.138. The number of carbonyl (C=O) groups excluding carboxylic acids is 1. The van der Waals surface area contributed by atoms with Crippen molar-refractivity contribution in [2.75, 3.05) is 13.1 Å². The summed E-state index contributed by atoms with van der Waals surface area (Å²) < 4.78 is 4.55. The first kappa shape index (κ1) is 20.3. The summed E-state index contributed by atoms with van der Waals surface area (Å²) in [6.45, 7) is 9.50. The van der Waals surface area contributed by atoms with E-state index < -0.39 is 0 Å². The first-order valence-corrected chi connectivity index (χ1v) is 10.2. The number of carbonyl (C=O) groups is 1. The summed E-state index contributed by atoms with van der Waals surface area (Å²) >= 11 is 0. The number of nitrogens with zero attached hydrogens (tertiary/aromatic N) is 1. The van der Waals surface area contributed by atoms with E-state index >= 15 is 0 Å². The molecule has 0 aliphatic carbocycles. The quantitative estimate of drug-likeness (QED) is 0.418. The van der Waals surface area contributed by atoms with E-state index in [4.69, 9.17) is 0 Å². The molecule has 0 aromatic heterocycles. The molecular formula is C25H31NO2. The van der Waals surface area contributed by atoms with Gasteiger partial charge in [0.25, 0.3) is 6.47 Å². The van der Waals surface area contributed by atoms with Crippen molar-refractivity contribution in [2.24, 2.45) is 0 Å². The molecule has 148 valence electrons. The zero-order valence-electron chi connectivity index (χ0n) is 17.3. The van der Waals surface area contributed by atoms with Crippen LogP contribution in [0.15, 0.2) is 54.6 Å². The van der Waals surface area contributed by atoms with Crippen LogP contribution >= 0.6 is 0 Å². The van der Waals surface area contributed by atoms with E-state index in [-0.39, 0.29) is 5.60 Å². The third kappa shape index (κ3) is 5.32. The number of hydrogen-bond acceptors (Lipinski definition) is 3. The molecule has 0 spiro atoms. The molecule has 3 nitrogen and oxygen atoms in total. The van der Waals surface area contributed by atoms with Gasteiger partial charge < -0.3 is 4.74 Å². The minimum atomic E-state index is -0.318. The summed E-state index contributed by atoms with van der Waals surface area (Å²) in [5.74, 6) is 0. The van der Waals surface area contributed by atoms with Gasteiger partial charge >= 0.3 is 0 Å². The molecule has 3 aromatic carbocycles. The van der Waals surface area contributed by atoms with E-state index in [9.17, 15) is 4.79 Å². The fourth-order valence-electron chi connectivity index (χ4n) is 3.76. The maximum Gasteiger partial charge on any atom is 0.293 e. The van der Waals surface area contributed by atoms with Crippen LogP contribution in [-0.2, 0) is 16.1 Å². The molecule has 1 saturated heterocycles. The monoisotopic (exact) mass is 377 g/mol. The van der Waals surface area contributed by atoms with Gasteiger partial charge in [0.15, 0.2) is 0 Å². The first-order valence-electron chi connectivity index (χ1n) is 10.2. The lowest BCUT2D eigenvalue weighted by atomic mass is 9.96. The predicted molar refractivity (Wildman–Crippen MR) is 117 cm³/mol. The van der Waals surface area contributed by atoms with Crippen molar-refractivity contribution in [3.63, 3.8) is 0 Å². The molecule has 1 aliphatic rings. The Morgan fingerprint density at radius 3 is 1.89 bits per heavy atom. The highest BCUT2D eigenvalue weighted by molar-refractivity contribution is 6.02. The summed E-state index contributed by atoms with van der Waals surface area (Å²) in [5.41, 5.74) is 1.19. The van der Waals surface area contributed by atoms with Crippen LogP contribution in [0.5, 0.6) is 0 Å². The average Bonchev–Trinajstić information content (AvgIpc) is 2.68. The minimum absolute atomic E-state index is 0.318. The summed E-state index contributed by atoms with van der Waals surface area (Å²) in [7, 11) is 0. The number of benzene rings is 3. The van der Waals surface area contributed by atoms with Gasteiger partial charge in [-0.25, -0.2) is 0 Å². The normalized spacial score (nSPS) is 15.1. The second kappa shape index (κ2) is 9.20. The van der Waals surface area contributed by atoms with E-state index in [2.05, 4.69) is 64.2 Å². The van der Waals surface area contributed by atoms with Crippen LogP contribution in [0.4, 0.5) is 0 Å². The van der Waals surface area contributed by atoms with Crippen LogP contribution in [0, 0.1) is 0 Å². The van der Waals surface area contributed by atoms with E-state index in [1.165, 1.54) is 59.5 Å². The fourth-order valence-corrected chi connectivity index (χ4v) is 3.76. The molecule has 0 amide bonds. The Labute approximate surface area is 168 Å². The molecule has 0 unspecified atom stereocenters. The Morgan fingerprint density at radius 1 is 0.893 bits per heavy atom. The molecule has 28 heavy (non-hydrogen) atoms. The lowest BCUT2D eigenvalue weighted by Crippen LogP contribution is -2.29.